The molecule has 1 aromatic rings. The molecule has 88 valence electrons. The van der Waals surface area contributed by atoms with Gasteiger partial charge in [0.2, 0.25) is 0 Å². The van der Waals surface area contributed by atoms with Crippen molar-refractivity contribution in [3.05, 3.63) is 34.3 Å². The third-order valence-corrected chi connectivity index (χ3v) is 3.78. The lowest BCUT2D eigenvalue weighted by molar-refractivity contribution is 0.0814. The van der Waals surface area contributed by atoms with Gasteiger partial charge in [-0.1, -0.05) is 28.1 Å². The molecule has 2 nitrogen and oxygen atoms in total. The maximum Gasteiger partial charge on any atom is 0.0703 e. The largest absolute Gasteiger partial charge is 0.377 e. The van der Waals surface area contributed by atoms with E-state index in [1.165, 1.54) is 5.56 Å². The number of likely N-dealkylation sites (N-methyl/N-ethyl adjacent to an activating group) is 1. The standard InChI is InChI=1S/C13H18BrNO/c1-10-13(7-8-16-10)15(2)9-11-3-5-12(14)6-4-11/h3-6,10,13H,7-9H2,1-2H3. The molecular formula is C13H18BrNO. The zero-order valence-corrected chi connectivity index (χ0v) is 11.4. The number of ether oxygens (including phenoxy) is 1. The van der Waals surface area contributed by atoms with Crippen molar-refractivity contribution in [2.45, 2.75) is 32.0 Å². The van der Waals surface area contributed by atoms with E-state index in [-0.39, 0.29) is 0 Å². The first-order valence-corrected chi connectivity index (χ1v) is 6.52. The topological polar surface area (TPSA) is 12.5 Å². The molecule has 1 saturated heterocycles. The van der Waals surface area contributed by atoms with Crippen LogP contribution in [0, 0.1) is 0 Å². The highest BCUT2D eigenvalue weighted by Gasteiger charge is 2.27. The van der Waals surface area contributed by atoms with Gasteiger partial charge in [0.1, 0.15) is 0 Å². The van der Waals surface area contributed by atoms with Crippen molar-refractivity contribution >= 4 is 15.9 Å². The average Bonchev–Trinajstić information content (AvgIpc) is 2.68. The SMILES string of the molecule is CC1OCCC1N(C)Cc1ccc(Br)cc1. The molecule has 2 rings (SSSR count). The summed E-state index contributed by atoms with van der Waals surface area (Å²) in [6.45, 7) is 4.05. The van der Waals surface area contributed by atoms with Gasteiger partial charge in [0, 0.05) is 23.7 Å². The van der Waals surface area contributed by atoms with Crippen LogP contribution in [-0.4, -0.2) is 30.7 Å². The third-order valence-electron chi connectivity index (χ3n) is 3.25. The van der Waals surface area contributed by atoms with Gasteiger partial charge in [-0.15, -0.1) is 0 Å². The minimum Gasteiger partial charge on any atom is -0.377 e. The average molecular weight is 284 g/mol. The van der Waals surface area contributed by atoms with Crippen LogP contribution in [0.1, 0.15) is 18.9 Å². The summed E-state index contributed by atoms with van der Waals surface area (Å²) in [5.74, 6) is 0. The molecule has 16 heavy (non-hydrogen) atoms. The number of nitrogens with zero attached hydrogens (tertiary/aromatic N) is 1. The Kier molecular flexibility index (Phi) is 4.00. The van der Waals surface area contributed by atoms with E-state index >= 15 is 0 Å². The Morgan fingerprint density at radius 3 is 2.62 bits per heavy atom. The number of rotatable bonds is 3. The second-order valence-electron chi connectivity index (χ2n) is 4.47. The van der Waals surface area contributed by atoms with Gasteiger partial charge in [-0.25, -0.2) is 0 Å². The zero-order valence-electron chi connectivity index (χ0n) is 9.82. The first kappa shape index (κ1) is 12.1. The van der Waals surface area contributed by atoms with Crippen LogP contribution in [0.2, 0.25) is 0 Å². The minimum absolute atomic E-state index is 0.362. The molecule has 0 aromatic heterocycles. The van der Waals surface area contributed by atoms with Gasteiger partial charge in [-0.2, -0.15) is 0 Å². The van der Waals surface area contributed by atoms with Gasteiger partial charge in [0.25, 0.3) is 0 Å². The molecule has 0 spiro atoms. The second-order valence-corrected chi connectivity index (χ2v) is 5.39. The van der Waals surface area contributed by atoms with Gasteiger partial charge in [0.15, 0.2) is 0 Å². The van der Waals surface area contributed by atoms with Gasteiger partial charge < -0.3 is 4.74 Å². The number of halogens is 1. The summed E-state index contributed by atoms with van der Waals surface area (Å²) in [5, 5.41) is 0. The summed E-state index contributed by atoms with van der Waals surface area (Å²) < 4.78 is 6.73. The summed E-state index contributed by atoms with van der Waals surface area (Å²) in [5.41, 5.74) is 1.35. The van der Waals surface area contributed by atoms with Crippen molar-refractivity contribution in [3.8, 4) is 0 Å². The van der Waals surface area contributed by atoms with Crippen LogP contribution in [0.25, 0.3) is 0 Å². The van der Waals surface area contributed by atoms with E-state index in [9.17, 15) is 0 Å². The normalized spacial score (nSPS) is 25.2. The van der Waals surface area contributed by atoms with Gasteiger partial charge in [0.05, 0.1) is 6.10 Å². The van der Waals surface area contributed by atoms with E-state index < -0.39 is 0 Å². The number of hydrogen-bond donors (Lipinski definition) is 0. The third kappa shape index (κ3) is 2.84. The highest BCUT2D eigenvalue weighted by molar-refractivity contribution is 9.10. The Hall–Kier alpha value is -0.380. The minimum atomic E-state index is 0.362. The molecule has 0 N–H and O–H groups in total. The number of benzene rings is 1. The first-order chi connectivity index (χ1) is 7.66. The Morgan fingerprint density at radius 1 is 1.38 bits per heavy atom. The van der Waals surface area contributed by atoms with E-state index in [1.807, 2.05) is 0 Å². The molecule has 1 heterocycles. The van der Waals surface area contributed by atoms with E-state index in [2.05, 4.69) is 59.1 Å². The molecule has 1 aliphatic heterocycles. The van der Waals surface area contributed by atoms with Crippen LogP contribution < -0.4 is 0 Å². The summed E-state index contributed by atoms with van der Waals surface area (Å²) in [6, 6.07) is 9.08. The molecule has 1 aliphatic rings. The van der Waals surface area contributed by atoms with Gasteiger partial charge in [-0.05, 0) is 38.1 Å². The smallest absolute Gasteiger partial charge is 0.0703 e. The molecule has 0 saturated carbocycles. The summed E-state index contributed by atoms with van der Waals surface area (Å²) in [4.78, 5) is 2.39. The summed E-state index contributed by atoms with van der Waals surface area (Å²) in [6.07, 6.45) is 1.51. The quantitative estimate of drug-likeness (QED) is 0.846. The molecule has 2 atom stereocenters. The molecule has 1 aromatic carbocycles. The van der Waals surface area contributed by atoms with E-state index in [0.29, 0.717) is 12.1 Å². The Balaban J connectivity index is 1.96. The van der Waals surface area contributed by atoms with Crippen LogP contribution in [0.15, 0.2) is 28.7 Å². The van der Waals surface area contributed by atoms with Gasteiger partial charge >= 0.3 is 0 Å². The lowest BCUT2D eigenvalue weighted by Crippen LogP contribution is -2.36. The fourth-order valence-electron chi connectivity index (χ4n) is 2.29. The number of hydrogen-bond acceptors (Lipinski definition) is 2. The Labute approximate surface area is 106 Å². The highest BCUT2D eigenvalue weighted by Crippen LogP contribution is 2.20. The Morgan fingerprint density at radius 2 is 2.06 bits per heavy atom. The molecule has 0 amide bonds. The Bertz CT molecular complexity index is 338. The van der Waals surface area contributed by atoms with Crippen molar-refractivity contribution in [1.82, 2.24) is 4.90 Å². The van der Waals surface area contributed by atoms with Crippen molar-refractivity contribution in [2.24, 2.45) is 0 Å². The van der Waals surface area contributed by atoms with Crippen LogP contribution in [0.3, 0.4) is 0 Å². The van der Waals surface area contributed by atoms with Crippen LogP contribution >= 0.6 is 15.9 Å². The van der Waals surface area contributed by atoms with Crippen molar-refractivity contribution < 1.29 is 4.74 Å². The van der Waals surface area contributed by atoms with Crippen LogP contribution in [0.5, 0.6) is 0 Å². The lowest BCUT2D eigenvalue weighted by Gasteiger charge is -2.26. The molecule has 0 bridgehead atoms. The lowest BCUT2D eigenvalue weighted by atomic mass is 10.1. The maximum absolute atomic E-state index is 5.59. The monoisotopic (exact) mass is 283 g/mol. The summed E-state index contributed by atoms with van der Waals surface area (Å²) >= 11 is 3.45. The molecular weight excluding hydrogens is 266 g/mol. The predicted molar refractivity (Wildman–Crippen MR) is 69.4 cm³/mol. The van der Waals surface area contributed by atoms with Crippen molar-refractivity contribution in [1.29, 1.82) is 0 Å². The molecule has 0 radical (unpaired) electrons. The van der Waals surface area contributed by atoms with Crippen LogP contribution in [0.4, 0.5) is 0 Å². The van der Waals surface area contributed by atoms with Crippen molar-refractivity contribution in [3.63, 3.8) is 0 Å². The summed E-state index contributed by atoms with van der Waals surface area (Å²) in [7, 11) is 2.18. The molecule has 0 aliphatic carbocycles. The van der Waals surface area contributed by atoms with E-state index in [4.69, 9.17) is 4.74 Å². The fraction of sp³-hybridized carbons (Fsp3) is 0.538. The van der Waals surface area contributed by atoms with E-state index in [1.54, 1.807) is 0 Å². The van der Waals surface area contributed by atoms with E-state index in [0.717, 1.165) is 24.0 Å². The fourth-order valence-corrected chi connectivity index (χ4v) is 2.56. The molecule has 1 fully saturated rings. The van der Waals surface area contributed by atoms with Crippen molar-refractivity contribution in [2.75, 3.05) is 13.7 Å². The predicted octanol–water partition coefficient (Wildman–Crippen LogP) is 3.06. The highest BCUT2D eigenvalue weighted by atomic mass is 79.9. The first-order valence-electron chi connectivity index (χ1n) is 5.73. The maximum atomic E-state index is 5.59. The molecule has 2 unspecified atom stereocenters. The van der Waals surface area contributed by atoms with Gasteiger partial charge in [-0.3, -0.25) is 4.90 Å². The second kappa shape index (κ2) is 5.30. The molecule has 3 heteroatoms. The zero-order chi connectivity index (χ0) is 11.5. The van der Waals surface area contributed by atoms with Crippen LogP contribution in [-0.2, 0) is 11.3 Å².